The normalized spacial score (nSPS) is 19.0. The summed E-state index contributed by atoms with van der Waals surface area (Å²) >= 11 is 0. The van der Waals surface area contributed by atoms with E-state index in [-0.39, 0.29) is 18.9 Å². The van der Waals surface area contributed by atoms with Crippen molar-refractivity contribution in [3.8, 4) is 0 Å². The molecule has 13 heavy (non-hydrogen) atoms. The van der Waals surface area contributed by atoms with Crippen molar-refractivity contribution < 1.29 is 4.43 Å². The Bertz CT molecular complexity index is 312. The van der Waals surface area contributed by atoms with Gasteiger partial charge in [0.15, 0.2) is 9.76 Å². The predicted octanol–water partition coefficient (Wildman–Crippen LogP) is 1.10. The molecule has 63 valence electrons. The molecule has 1 radical (unpaired) electrons. The molecule has 1 aromatic rings. The van der Waals surface area contributed by atoms with Crippen molar-refractivity contribution in [3.05, 3.63) is 41.5 Å². The summed E-state index contributed by atoms with van der Waals surface area (Å²) in [6.45, 7) is 0. The molecule has 1 aromatic carbocycles. The van der Waals surface area contributed by atoms with Crippen LogP contribution in [0.4, 0.5) is 0 Å². The Morgan fingerprint density at radius 1 is 1.31 bits per heavy atom. The third-order valence-electron chi connectivity index (χ3n) is 2.25. The van der Waals surface area contributed by atoms with Gasteiger partial charge in [0.1, 0.15) is 0 Å². The molecule has 1 unspecified atom stereocenters. The van der Waals surface area contributed by atoms with Crippen LogP contribution in [0.15, 0.2) is 30.3 Å². The third-order valence-corrected chi connectivity index (χ3v) is 3.65. The van der Waals surface area contributed by atoms with Crippen molar-refractivity contribution >= 4 is 34.7 Å². The van der Waals surface area contributed by atoms with Crippen molar-refractivity contribution in [3.63, 3.8) is 0 Å². The van der Waals surface area contributed by atoms with Crippen molar-refractivity contribution in [1.82, 2.24) is 0 Å². The summed E-state index contributed by atoms with van der Waals surface area (Å²) < 4.78 is 5.27. The summed E-state index contributed by atoms with van der Waals surface area (Å²) in [6.07, 6.45) is 4.46. The SMILES string of the molecule is CO[SiH2]C1C=Cc2ccccc21.[Li]. The van der Waals surface area contributed by atoms with Gasteiger partial charge in [0.2, 0.25) is 0 Å². The van der Waals surface area contributed by atoms with Crippen LogP contribution in [-0.4, -0.2) is 35.7 Å². The van der Waals surface area contributed by atoms with E-state index in [9.17, 15) is 0 Å². The molecule has 0 fully saturated rings. The van der Waals surface area contributed by atoms with Crippen LogP contribution < -0.4 is 0 Å². The molecule has 0 spiro atoms. The molecule has 0 heterocycles. The summed E-state index contributed by atoms with van der Waals surface area (Å²) in [5, 5.41) is 0. The first-order valence-corrected chi connectivity index (χ1v) is 5.57. The molecule has 1 nitrogen and oxygen atoms in total. The van der Waals surface area contributed by atoms with Gasteiger partial charge in [0.25, 0.3) is 0 Å². The zero-order chi connectivity index (χ0) is 8.39. The molecule has 0 aliphatic heterocycles. The van der Waals surface area contributed by atoms with Gasteiger partial charge in [-0.15, -0.1) is 0 Å². The van der Waals surface area contributed by atoms with Crippen molar-refractivity contribution in [2.45, 2.75) is 5.54 Å². The minimum atomic E-state index is -0.397. The van der Waals surface area contributed by atoms with E-state index in [4.69, 9.17) is 4.43 Å². The van der Waals surface area contributed by atoms with Gasteiger partial charge in [-0.25, -0.2) is 0 Å². The topological polar surface area (TPSA) is 9.23 Å². The van der Waals surface area contributed by atoms with Crippen molar-refractivity contribution in [2.75, 3.05) is 7.11 Å². The summed E-state index contributed by atoms with van der Waals surface area (Å²) in [5.74, 6) is 0. The molecule has 0 amide bonds. The molecule has 0 bridgehead atoms. The van der Waals surface area contributed by atoms with E-state index in [0.29, 0.717) is 5.54 Å². The van der Waals surface area contributed by atoms with E-state index in [1.807, 2.05) is 0 Å². The fourth-order valence-electron chi connectivity index (χ4n) is 1.65. The van der Waals surface area contributed by atoms with Gasteiger partial charge in [-0.05, 0) is 11.1 Å². The van der Waals surface area contributed by atoms with Gasteiger partial charge in [-0.3, -0.25) is 0 Å². The second kappa shape index (κ2) is 4.83. The van der Waals surface area contributed by atoms with Gasteiger partial charge in [0, 0.05) is 31.5 Å². The number of benzene rings is 1. The van der Waals surface area contributed by atoms with Crippen molar-refractivity contribution in [1.29, 1.82) is 0 Å². The second-order valence-electron chi connectivity index (χ2n) is 3.05. The largest absolute Gasteiger partial charge is 0.426 e. The van der Waals surface area contributed by atoms with Crippen LogP contribution in [0.5, 0.6) is 0 Å². The Kier molecular flexibility index (Phi) is 4.02. The zero-order valence-corrected chi connectivity index (χ0v) is 9.57. The van der Waals surface area contributed by atoms with Crippen LogP contribution in [-0.2, 0) is 4.43 Å². The molecule has 1 aliphatic rings. The summed E-state index contributed by atoms with van der Waals surface area (Å²) in [6, 6.07) is 8.55. The minimum absolute atomic E-state index is 0. The number of rotatable bonds is 2. The van der Waals surface area contributed by atoms with Crippen LogP contribution in [0, 0.1) is 0 Å². The Labute approximate surface area is 93.3 Å². The van der Waals surface area contributed by atoms with Crippen LogP contribution in [0.3, 0.4) is 0 Å². The maximum Gasteiger partial charge on any atom is 0.172 e. The third kappa shape index (κ3) is 2.15. The van der Waals surface area contributed by atoms with Gasteiger partial charge in [-0.1, -0.05) is 36.4 Å². The van der Waals surface area contributed by atoms with Crippen molar-refractivity contribution in [2.24, 2.45) is 0 Å². The summed E-state index contributed by atoms with van der Waals surface area (Å²) in [7, 11) is 1.41. The first-order chi connectivity index (χ1) is 5.92. The average Bonchev–Trinajstić information content (AvgIpc) is 2.50. The van der Waals surface area contributed by atoms with E-state index in [1.54, 1.807) is 7.11 Å². The molecule has 2 rings (SSSR count). The molecule has 0 aromatic heterocycles. The molecular weight excluding hydrogens is 171 g/mol. The number of fused-ring (bicyclic) bond motifs is 1. The van der Waals surface area contributed by atoms with Crippen LogP contribution >= 0.6 is 0 Å². The van der Waals surface area contributed by atoms with E-state index >= 15 is 0 Å². The zero-order valence-electron chi connectivity index (χ0n) is 8.16. The maximum atomic E-state index is 5.27. The van der Waals surface area contributed by atoms with Gasteiger partial charge < -0.3 is 4.43 Å². The summed E-state index contributed by atoms with van der Waals surface area (Å²) in [5.41, 5.74) is 3.42. The second-order valence-corrected chi connectivity index (χ2v) is 4.84. The fraction of sp³-hybridized carbons (Fsp3) is 0.200. The first kappa shape index (κ1) is 10.8. The molecule has 1 aliphatic carbocycles. The first-order valence-electron chi connectivity index (χ1n) is 4.18. The monoisotopic (exact) mass is 183 g/mol. The van der Waals surface area contributed by atoms with Gasteiger partial charge in [-0.2, -0.15) is 0 Å². The average molecular weight is 183 g/mol. The van der Waals surface area contributed by atoms with Gasteiger partial charge in [0.05, 0.1) is 0 Å². The minimum Gasteiger partial charge on any atom is -0.426 e. The Hall–Kier alpha value is -0.266. The maximum absolute atomic E-state index is 5.27. The van der Waals surface area contributed by atoms with Crippen LogP contribution in [0.2, 0.25) is 0 Å². The molecule has 0 saturated carbocycles. The van der Waals surface area contributed by atoms with Crippen LogP contribution in [0.25, 0.3) is 6.08 Å². The standard InChI is InChI=1S/C10H12OSi.Li/c1-11-12-10-7-6-8-4-2-3-5-9(8)10;/h2-7,10H,12H2,1H3;. The van der Waals surface area contributed by atoms with E-state index in [1.165, 1.54) is 11.1 Å². The van der Waals surface area contributed by atoms with E-state index in [2.05, 4.69) is 36.4 Å². The van der Waals surface area contributed by atoms with Crippen LogP contribution in [0.1, 0.15) is 16.7 Å². The van der Waals surface area contributed by atoms with E-state index < -0.39 is 9.76 Å². The quantitative estimate of drug-likeness (QED) is 0.624. The predicted molar refractivity (Wildman–Crippen MR) is 59.5 cm³/mol. The van der Waals surface area contributed by atoms with Gasteiger partial charge >= 0.3 is 0 Å². The fourth-order valence-corrected chi connectivity index (χ4v) is 2.81. The van der Waals surface area contributed by atoms with E-state index in [0.717, 1.165) is 0 Å². The molecule has 3 heteroatoms. The number of allylic oxidation sites excluding steroid dienone is 1. The molecular formula is C10H12LiOSi. The molecule has 0 saturated heterocycles. The Balaban J connectivity index is 0.000000845. The summed E-state index contributed by atoms with van der Waals surface area (Å²) in [4.78, 5) is 0. The molecule has 0 N–H and O–H groups in total. The molecule has 1 atom stereocenters. The smallest absolute Gasteiger partial charge is 0.172 e. The Morgan fingerprint density at radius 2 is 2.08 bits per heavy atom. The Morgan fingerprint density at radius 3 is 2.85 bits per heavy atom. The number of hydrogen-bond donors (Lipinski definition) is 0. The number of hydrogen-bond acceptors (Lipinski definition) is 1.